The van der Waals surface area contributed by atoms with E-state index in [2.05, 4.69) is 15.6 Å². The van der Waals surface area contributed by atoms with Crippen molar-refractivity contribution in [2.45, 2.75) is 0 Å². The molecule has 0 spiro atoms. The molecule has 0 bridgehead atoms. The van der Waals surface area contributed by atoms with Crippen LogP contribution in [0.25, 0.3) is 6.08 Å². The molecule has 0 radical (unpaired) electrons. The number of aromatic nitrogens is 3. The molecule has 76 valence electrons. The van der Waals surface area contributed by atoms with E-state index in [9.17, 15) is 4.79 Å². The lowest BCUT2D eigenvalue weighted by Gasteiger charge is -1.98. The SMILES string of the molecule is O=C(/C=C/c1cccs1)Nn1cnnc1. The molecule has 1 amide bonds. The van der Waals surface area contributed by atoms with Gasteiger partial charge in [-0.25, -0.2) is 4.68 Å². The second-order valence-corrected chi connectivity index (χ2v) is 3.67. The second-order valence-electron chi connectivity index (χ2n) is 2.69. The van der Waals surface area contributed by atoms with Crippen molar-refractivity contribution in [1.29, 1.82) is 0 Å². The molecular formula is C9H8N4OS. The van der Waals surface area contributed by atoms with Crippen molar-refractivity contribution in [2.75, 3.05) is 5.43 Å². The summed E-state index contributed by atoms with van der Waals surface area (Å²) < 4.78 is 1.39. The molecule has 0 unspecified atom stereocenters. The summed E-state index contributed by atoms with van der Waals surface area (Å²) in [6.07, 6.45) is 6.05. The molecule has 2 aromatic rings. The van der Waals surface area contributed by atoms with E-state index < -0.39 is 0 Å². The molecule has 0 aromatic carbocycles. The van der Waals surface area contributed by atoms with Crippen molar-refractivity contribution in [3.8, 4) is 0 Å². The van der Waals surface area contributed by atoms with Crippen LogP contribution in [0.15, 0.2) is 36.2 Å². The van der Waals surface area contributed by atoms with E-state index in [0.717, 1.165) is 4.88 Å². The first-order chi connectivity index (χ1) is 7.34. The maximum atomic E-state index is 11.3. The number of nitrogens with one attached hydrogen (secondary N) is 1. The molecule has 2 rings (SSSR count). The third-order valence-corrected chi connectivity index (χ3v) is 2.44. The van der Waals surface area contributed by atoms with Crippen LogP contribution in [0.2, 0.25) is 0 Å². The van der Waals surface area contributed by atoms with Gasteiger partial charge < -0.3 is 0 Å². The van der Waals surface area contributed by atoms with Gasteiger partial charge in [-0.2, -0.15) is 0 Å². The third kappa shape index (κ3) is 2.75. The first kappa shape index (κ1) is 9.60. The first-order valence-corrected chi connectivity index (χ1v) is 5.10. The van der Waals surface area contributed by atoms with Gasteiger partial charge in [-0.3, -0.25) is 10.2 Å². The number of carbonyl (C=O) groups is 1. The third-order valence-electron chi connectivity index (χ3n) is 1.60. The Bertz CT molecular complexity index is 446. The van der Waals surface area contributed by atoms with Crippen LogP contribution in [0, 0.1) is 0 Å². The quantitative estimate of drug-likeness (QED) is 0.788. The monoisotopic (exact) mass is 220 g/mol. The van der Waals surface area contributed by atoms with Crippen LogP contribution < -0.4 is 5.43 Å². The molecule has 2 aromatic heterocycles. The van der Waals surface area contributed by atoms with Gasteiger partial charge in [0.2, 0.25) is 0 Å². The molecule has 0 saturated heterocycles. The van der Waals surface area contributed by atoms with E-state index >= 15 is 0 Å². The summed E-state index contributed by atoms with van der Waals surface area (Å²) >= 11 is 1.57. The number of hydrogen-bond donors (Lipinski definition) is 1. The minimum atomic E-state index is -0.219. The molecule has 0 fully saturated rings. The highest BCUT2D eigenvalue weighted by Crippen LogP contribution is 2.09. The molecule has 5 nitrogen and oxygen atoms in total. The molecule has 0 aliphatic carbocycles. The van der Waals surface area contributed by atoms with Crippen molar-refractivity contribution in [1.82, 2.24) is 14.9 Å². The number of nitrogens with zero attached hydrogens (tertiary/aromatic N) is 3. The van der Waals surface area contributed by atoms with E-state index in [-0.39, 0.29) is 5.91 Å². The average Bonchev–Trinajstić information content (AvgIpc) is 2.86. The number of thiophene rings is 1. The fourth-order valence-corrected chi connectivity index (χ4v) is 1.58. The average molecular weight is 220 g/mol. The largest absolute Gasteiger partial charge is 0.268 e. The molecule has 0 saturated carbocycles. The summed E-state index contributed by atoms with van der Waals surface area (Å²) in [4.78, 5) is 12.4. The summed E-state index contributed by atoms with van der Waals surface area (Å²) in [7, 11) is 0. The van der Waals surface area contributed by atoms with Gasteiger partial charge >= 0.3 is 0 Å². The topological polar surface area (TPSA) is 59.8 Å². The van der Waals surface area contributed by atoms with Gasteiger partial charge in [-0.1, -0.05) is 6.07 Å². The molecule has 6 heteroatoms. The summed E-state index contributed by atoms with van der Waals surface area (Å²) in [5.41, 5.74) is 2.55. The number of carbonyl (C=O) groups excluding carboxylic acids is 1. The maximum Gasteiger partial charge on any atom is 0.262 e. The van der Waals surface area contributed by atoms with Crippen molar-refractivity contribution < 1.29 is 4.79 Å². The van der Waals surface area contributed by atoms with Gasteiger partial charge in [-0.05, 0) is 17.5 Å². The van der Waals surface area contributed by atoms with E-state index in [1.54, 1.807) is 17.4 Å². The summed E-state index contributed by atoms with van der Waals surface area (Å²) in [5.74, 6) is -0.219. The van der Waals surface area contributed by atoms with Crippen molar-refractivity contribution >= 4 is 23.3 Å². The predicted octanol–water partition coefficient (Wildman–Crippen LogP) is 1.12. The van der Waals surface area contributed by atoms with Crippen molar-refractivity contribution in [3.05, 3.63) is 41.1 Å². The highest BCUT2D eigenvalue weighted by molar-refractivity contribution is 7.10. The smallest absolute Gasteiger partial charge is 0.262 e. The van der Waals surface area contributed by atoms with E-state index in [1.165, 1.54) is 23.4 Å². The highest BCUT2D eigenvalue weighted by Gasteiger charge is 1.95. The standard InChI is InChI=1S/C9H8N4OS/c14-9(12-13-6-10-11-7-13)4-3-8-2-1-5-15-8/h1-7H,(H,12,14)/b4-3+. The van der Waals surface area contributed by atoms with Gasteiger partial charge in [0, 0.05) is 11.0 Å². The van der Waals surface area contributed by atoms with Crippen LogP contribution in [0.1, 0.15) is 4.88 Å². The molecule has 2 heterocycles. The van der Waals surface area contributed by atoms with E-state index in [0.29, 0.717) is 0 Å². The van der Waals surface area contributed by atoms with Gasteiger partial charge in [0.25, 0.3) is 5.91 Å². The summed E-state index contributed by atoms with van der Waals surface area (Å²) in [6.45, 7) is 0. The Morgan fingerprint density at radius 1 is 1.47 bits per heavy atom. The summed E-state index contributed by atoms with van der Waals surface area (Å²) in [5, 5.41) is 9.08. The Morgan fingerprint density at radius 3 is 2.93 bits per heavy atom. The van der Waals surface area contributed by atoms with Gasteiger partial charge in [-0.15, -0.1) is 21.5 Å². The minimum absolute atomic E-state index is 0.219. The normalized spacial score (nSPS) is 10.7. The molecule has 15 heavy (non-hydrogen) atoms. The fraction of sp³-hybridized carbons (Fsp3) is 0. The van der Waals surface area contributed by atoms with Crippen LogP contribution in [-0.4, -0.2) is 20.8 Å². The Balaban J connectivity index is 1.93. The van der Waals surface area contributed by atoms with Gasteiger partial charge in [0.15, 0.2) is 0 Å². The zero-order chi connectivity index (χ0) is 10.5. The Morgan fingerprint density at radius 2 is 2.27 bits per heavy atom. The van der Waals surface area contributed by atoms with Gasteiger partial charge in [0.1, 0.15) is 12.7 Å². The van der Waals surface area contributed by atoms with Crippen LogP contribution >= 0.6 is 11.3 Å². The molecule has 0 atom stereocenters. The fourth-order valence-electron chi connectivity index (χ4n) is 0.967. The van der Waals surface area contributed by atoms with E-state index in [1.807, 2.05) is 17.5 Å². The lowest BCUT2D eigenvalue weighted by molar-refractivity contribution is -0.112. The van der Waals surface area contributed by atoms with Crippen molar-refractivity contribution in [2.24, 2.45) is 0 Å². The van der Waals surface area contributed by atoms with Crippen LogP contribution in [0.4, 0.5) is 0 Å². The lowest BCUT2D eigenvalue weighted by Crippen LogP contribution is -2.18. The van der Waals surface area contributed by atoms with E-state index in [4.69, 9.17) is 0 Å². The Kier molecular flexibility index (Phi) is 2.89. The van der Waals surface area contributed by atoms with Crippen LogP contribution in [0.3, 0.4) is 0 Å². The summed E-state index contributed by atoms with van der Waals surface area (Å²) in [6, 6.07) is 3.87. The minimum Gasteiger partial charge on any atom is -0.268 e. The molecule has 1 N–H and O–H groups in total. The van der Waals surface area contributed by atoms with Crippen molar-refractivity contribution in [3.63, 3.8) is 0 Å². The zero-order valence-corrected chi connectivity index (χ0v) is 8.52. The van der Waals surface area contributed by atoms with Gasteiger partial charge in [0.05, 0.1) is 0 Å². The number of amides is 1. The number of rotatable bonds is 3. The Hall–Kier alpha value is -1.95. The van der Waals surface area contributed by atoms with Crippen LogP contribution in [-0.2, 0) is 4.79 Å². The van der Waals surface area contributed by atoms with Crippen LogP contribution in [0.5, 0.6) is 0 Å². The Labute approximate surface area is 90.0 Å². The molecule has 0 aliphatic heterocycles. The second kappa shape index (κ2) is 4.52. The first-order valence-electron chi connectivity index (χ1n) is 4.22. The number of hydrogen-bond acceptors (Lipinski definition) is 4. The maximum absolute atomic E-state index is 11.3. The lowest BCUT2D eigenvalue weighted by atomic mass is 10.4. The zero-order valence-electron chi connectivity index (χ0n) is 7.70. The highest BCUT2D eigenvalue weighted by atomic mass is 32.1. The molecular weight excluding hydrogens is 212 g/mol. The predicted molar refractivity (Wildman–Crippen MR) is 57.7 cm³/mol. The molecule has 0 aliphatic rings.